The van der Waals surface area contributed by atoms with Crippen molar-refractivity contribution in [3.63, 3.8) is 0 Å². The number of nitrogens with one attached hydrogen (secondary N) is 1. The van der Waals surface area contributed by atoms with Gasteiger partial charge in [-0.05, 0) is 25.1 Å². The van der Waals surface area contributed by atoms with Gasteiger partial charge in [-0.1, -0.05) is 23.2 Å². The zero-order chi connectivity index (χ0) is 13.3. The highest BCUT2D eigenvalue weighted by molar-refractivity contribution is 6.36. The van der Waals surface area contributed by atoms with Crippen molar-refractivity contribution < 1.29 is 4.79 Å². The van der Waals surface area contributed by atoms with Crippen LogP contribution in [-0.2, 0) is 7.05 Å². The van der Waals surface area contributed by atoms with Gasteiger partial charge in [0.2, 0.25) is 0 Å². The molecular formula is C12H11Cl2N3O. The molecule has 2 rings (SSSR count). The lowest BCUT2D eigenvalue weighted by molar-refractivity contribution is 0.102. The molecule has 0 radical (unpaired) electrons. The Morgan fingerprint density at radius 2 is 2.11 bits per heavy atom. The molecule has 1 heterocycles. The maximum absolute atomic E-state index is 12.0. The number of hydrogen-bond donors (Lipinski definition) is 1. The molecule has 4 nitrogen and oxygen atoms in total. The number of hydrogen-bond acceptors (Lipinski definition) is 2. The number of nitrogens with zero attached hydrogens (tertiary/aromatic N) is 2. The first-order valence-corrected chi connectivity index (χ1v) is 5.99. The van der Waals surface area contributed by atoms with E-state index in [0.717, 1.165) is 0 Å². The van der Waals surface area contributed by atoms with E-state index in [1.165, 1.54) is 0 Å². The van der Waals surface area contributed by atoms with E-state index in [1.807, 2.05) is 0 Å². The topological polar surface area (TPSA) is 46.9 Å². The standard InChI is InChI=1S/C12H11Cl2N3O/c1-7-9(6-17(2)16-7)12(18)15-11-4-3-8(13)5-10(11)14/h3-6H,1-2H3,(H,15,18). The van der Waals surface area contributed by atoms with E-state index in [-0.39, 0.29) is 5.91 Å². The predicted octanol–water partition coefficient (Wildman–Crippen LogP) is 3.29. The number of aryl methyl sites for hydroxylation is 2. The van der Waals surface area contributed by atoms with Gasteiger partial charge in [-0.3, -0.25) is 9.48 Å². The molecule has 0 saturated carbocycles. The first kappa shape index (κ1) is 12.9. The number of amides is 1. The summed E-state index contributed by atoms with van der Waals surface area (Å²) in [5.41, 5.74) is 1.71. The van der Waals surface area contributed by atoms with Crippen molar-refractivity contribution in [2.45, 2.75) is 6.92 Å². The second-order valence-corrected chi connectivity index (χ2v) is 4.72. The van der Waals surface area contributed by atoms with Gasteiger partial charge in [-0.25, -0.2) is 0 Å². The summed E-state index contributed by atoms with van der Waals surface area (Å²) in [4.78, 5) is 12.0. The van der Waals surface area contributed by atoms with Crippen LogP contribution in [0.4, 0.5) is 5.69 Å². The molecule has 1 N–H and O–H groups in total. The number of anilines is 1. The van der Waals surface area contributed by atoms with Gasteiger partial charge in [0.05, 0.1) is 22.0 Å². The van der Waals surface area contributed by atoms with Crippen LogP contribution in [0.3, 0.4) is 0 Å². The van der Waals surface area contributed by atoms with Crippen LogP contribution >= 0.6 is 23.2 Å². The lowest BCUT2D eigenvalue weighted by atomic mass is 10.2. The Balaban J connectivity index is 2.24. The fourth-order valence-electron chi connectivity index (χ4n) is 1.60. The van der Waals surface area contributed by atoms with Crippen LogP contribution < -0.4 is 5.32 Å². The predicted molar refractivity (Wildman–Crippen MR) is 72.4 cm³/mol. The van der Waals surface area contributed by atoms with Gasteiger partial charge in [0.15, 0.2) is 0 Å². The normalized spacial score (nSPS) is 10.4. The van der Waals surface area contributed by atoms with Crippen LogP contribution in [0.5, 0.6) is 0 Å². The second-order valence-electron chi connectivity index (χ2n) is 3.88. The second kappa shape index (κ2) is 5.00. The maximum atomic E-state index is 12.0. The molecule has 0 bridgehead atoms. The molecule has 6 heteroatoms. The van der Waals surface area contributed by atoms with E-state index in [9.17, 15) is 4.79 Å². The molecule has 0 aliphatic carbocycles. The van der Waals surface area contributed by atoms with Crippen molar-refractivity contribution in [3.8, 4) is 0 Å². The van der Waals surface area contributed by atoms with Crippen LogP contribution in [0.15, 0.2) is 24.4 Å². The van der Waals surface area contributed by atoms with E-state index in [2.05, 4.69) is 10.4 Å². The summed E-state index contributed by atoms with van der Waals surface area (Å²) in [5, 5.41) is 7.76. The van der Waals surface area contributed by atoms with Crippen molar-refractivity contribution in [2.24, 2.45) is 7.05 Å². The molecule has 1 aromatic heterocycles. The minimum atomic E-state index is -0.246. The van der Waals surface area contributed by atoms with Crippen LogP contribution in [0, 0.1) is 6.92 Å². The first-order chi connectivity index (χ1) is 8.47. The van der Waals surface area contributed by atoms with Crippen molar-refractivity contribution >= 4 is 34.8 Å². The Morgan fingerprint density at radius 3 is 2.67 bits per heavy atom. The minimum Gasteiger partial charge on any atom is -0.321 e. The number of carbonyl (C=O) groups is 1. The zero-order valence-corrected chi connectivity index (χ0v) is 11.4. The molecule has 0 saturated heterocycles. The molecule has 0 unspecified atom stereocenters. The fourth-order valence-corrected chi connectivity index (χ4v) is 2.06. The summed E-state index contributed by atoms with van der Waals surface area (Å²) in [7, 11) is 1.76. The van der Waals surface area contributed by atoms with Crippen LogP contribution in [-0.4, -0.2) is 15.7 Å². The Bertz CT molecular complexity index is 607. The Hall–Kier alpha value is -1.52. The Morgan fingerprint density at radius 1 is 1.39 bits per heavy atom. The van der Waals surface area contributed by atoms with Gasteiger partial charge >= 0.3 is 0 Å². The Labute approximate surface area is 115 Å². The molecule has 1 aromatic carbocycles. The number of aromatic nitrogens is 2. The molecule has 94 valence electrons. The zero-order valence-electron chi connectivity index (χ0n) is 9.87. The van der Waals surface area contributed by atoms with Crippen molar-refractivity contribution in [1.82, 2.24) is 9.78 Å². The van der Waals surface area contributed by atoms with E-state index in [1.54, 1.807) is 43.0 Å². The molecule has 0 aliphatic rings. The SMILES string of the molecule is Cc1nn(C)cc1C(=O)Nc1ccc(Cl)cc1Cl. The number of rotatable bonds is 2. The molecule has 0 fully saturated rings. The molecule has 2 aromatic rings. The molecule has 0 atom stereocenters. The highest BCUT2D eigenvalue weighted by atomic mass is 35.5. The van der Waals surface area contributed by atoms with Gasteiger partial charge in [0, 0.05) is 18.3 Å². The first-order valence-electron chi connectivity index (χ1n) is 5.24. The van der Waals surface area contributed by atoms with Crippen molar-refractivity contribution in [1.29, 1.82) is 0 Å². The highest BCUT2D eigenvalue weighted by Crippen LogP contribution is 2.25. The monoisotopic (exact) mass is 283 g/mol. The molecule has 0 aliphatic heterocycles. The van der Waals surface area contributed by atoms with Crippen molar-refractivity contribution in [2.75, 3.05) is 5.32 Å². The summed E-state index contributed by atoms with van der Waals surface area (Å²) in [6.07, 6.45) is 1.66. The number of halogens is 2. The maximum Gasteiger partial charge on any atom is 0.259 e. The van der Waals surface area contributed by atoms with Gasteiger partial charge in [-0.15, -0.1) is 0 Å². The van der Waals surface area contributed by atoms with Crippen molar-refractivity contribution in [3.05, 3.63) is 45.7 Å². The van der Waals surface area contributed by atoms with Gasteiger partial charge in [-0.2, -0.15) is 5.10 Å². The van der Waals surface area contributed by atoms with E-state index < -0.39 is 0 Å². The van der Waals surface area contributed by atoms with E-state index >= 15 is 0 Å². The quantitative estimate of drug-likeness (QED) is 0.919. The minimum absolute atomic E-state index is 0.246. The fraction of sp³-hybridized carbons (Fsp3) is 0.167. The van der Waals surface area contributed by atoms with Crippen LogP contribution in [0.2, 0.25) is 10.0 Å². The third-order valence-electron chi connectivity index (χ3n) is 2.44. The number of carbonyl (C=O) groups excluding carboxylic acids is 1. The summed E-state index contributed by atoms with van der Waals surface area (Å²) in [6.45, 7) is 1.78. The van der Waals surface area contributed by atoms with Gasteiger partial charge in [0.1, 0.15) is 0 Å². The average Bonchev–Trinajstić information content (AvgIpc) is 2.62. The lowest BCUT2D eigenvalue weighted by Gasteiger charge is -2.06. The summed E-state index contributed by atoms with van der Waals surface area (Å²) < 4.78 is 1.59. The summed E-state index contributed by atoms with van der Waals surface area (Å²) >= 11 is 11.8. The summed E-state index contributed by atoms with van der Waals surface area (Å²) in [6, 6.07) is 4.91. The van der Waals surface area contributed by atoms with Gasteiger partial charge < -0.3 is 5.32 Å². The molecule has 0 spiro atoms. The summed E-state index contributed by atoms with van der Waals surface area (Å²) in [5.74, 6) is -0.246. The average molecular weight is 284 g/mol. The molecule has 18 heavy (non-hydrogen) atoms. The third-order valence-corrected chi connectivity index (χ3v) is 2.99. The number of benzene rings is 1. The van der Waals surface area contributed by atoms with Crippen LogP contribution in [0.25, 0.3) is 0 Å². The lowest BCUT2D eigenvalue weighted by Crippen LogP contribution is -2.12. The van der Waals surface area contributed by atoms with E-state index in [0.29, 0.717) is 27.0 Å². The Kier molecular flexibility index (Phi) is 3.59. The highest BCUT2D eigenvalue weighted by Gasteiger charge is 2.13. The largest absolute Gasteiger partial charge is 0.321 e. The smallest absolute Gasteiger partial charge is 0.259 e. The van der Waals surface area contributed by atoms with Gasteiger partial charge in [0.25, 0.3) is 5.91 Å². The van der Waals surface area contributed by atoms with Crippen LogP contribution in [0.1, 0.15) is 16.1 Å². The molecule has 1 amide bonds. The molecular weight excluding hydrogens is 273 g/mol. The third kappa shape index (κ3) is 2.66. The van der Waals surface area contributed by atoms with E-state index in [4.69, 9.17) is 23.2 Å².